The van der Waals surface area contributed by atoms with E-state index in [-0.39, 0.29) is 0 Å². The van der Waals surface area contributed by atoms with Gasteiger partial charge in [-0.3, -0.25) is 4.84 Å². The molecular formula is C4H12N2O. The Morgan fingerprint density at radius 2 is 2.29 bits per heavy atom. The molecule has 0 aliphatic carbocycles. The van der Waals surface area contributed by atoms with Crippen molar-refractivity contribution in [2.45, 2.75) is 13.3 Å². The number of hydrogen-bond acceptors (Lipinski definition) is 3. The Morgan fingerprint density at radius 1 is 1.71 bits per heavy atom. The fourth-order valence-corrected chi connectivity index (χ4v) is 0.235. The zero-order valence-corrected chi connectivity index (χ0v) is 4.85. The standard InChI is InChI=1S/C4H12N2O/c1-3-4-7-6(2)5/h3-5H2,1-2H3. The van der Waals surface area contributed by atoms with Crippen molar-refractivity contribution >= 4 is 0 Å². The van der Waals surface area contributed by atoms with Crippen molar-refractivity contribution in [3.05, 3.63) is 0 Å². The Labute approximate surface area is 44.0 Å². The van der Waals surface area contributed by atoms with E-state index >= 15 is 0 Å². The molecule has 0 radical (unpaired) electrons. The lowest BCUT2D eigenvalue weighted by atomic mass is 10.5. The van der Waals surface area contributed by atoms with Crippen LogP contribution in [0.4, 0.5) is 0 Å². The highest BCUT2D eigenvalue weighted by Gasteiger charge is 1.82. The lowest BCUT2D eigenvalue weighted by molar-refractivity contribution is -0.141. The van der Waals surface area contributed by atoms with Crippen molar-refractivity contribution in [3.8, 4) is 0 Å². The molecule has 0 rings (SSSR count). The number of hydrogen-bond donors (Lipinski definition) is 1. The van der Waals surface area contributed by atoms with Crippen molar-refractivity contribution in [2.75, 3.05) is 13.7 Å². The summed E-state index contributed by atoms with van der Waals surface area (Å²) in [5, 5.41) is 1.21. The van der Waals surface area contributed by atoms with E-state index in [0.717, 1.165) is 6.42 Å². The maximum atomic E-state index is 5.09. The third-order valence-corrected chi connectivity index (χ3v) is 0.499. The molecule has 0 aromatic rings. The third-order valence-electron chi connectivity index (χ3n) is 0.499. The van der Waals surface area contributed by atoms with Crippen LogP contribution in [0.3, 0.4) is 0 Å². The molecule has 2 N–H and O–H groups in total. The van der Waals surface area contributed by atoms with Crippen molar-refractivity contribution in [2.24, 2.45) is 5.84 Å². The van der Waals surface area contributed by atoms with E-state index in [1.165, 1.54) is 5.17 Å². The molecule has 3 nitrogen and oxygen atoms in total. The third kappa shape index (κ3) is 5.88. The van der Waals surface area contributed by atoms with Gasteiger partial charge in [0.1, 0.15) is 0 Å². The average molecular weight is 104 g/mol. The Morgan fingerprint density at radius 3 is 2.43 bits per heavy atom. The van der Waals surface area contributed by atoms with Crippen LogP contribution in [0.25, 0.3) is 0 Å². The van der Waals surface area contributed by atoms with Gasteiger partial charge in [-0.1, -0.05) is 6.92 Å². The number of nitrogens with zero attached hydrogens (tertiary/aromatic N) is 1. The van der Waals surface area contributed by atoms with Crippen LogP contribution in [0, 0.1) is 0 Å². The van der Waals surface area contributed by atoms with Crippen LogP contribution in [0.15, 0.2) is 0 Å². The van der Waals surface area contributed by atoms with Crippen LogP contribution < -0.4 is 5.84 Å². The lowest BCUT2D eigenvalue weighted by Crippen LogP contribution is -2.26. The lowest BCUT2D eigenvalue weighted by Gasteiger charge is -2.06. The maximum absolute atomic E-state index is 5.09. The molecule has 0 spiro atoms. The Kier molecular flexibility index (Phi) is 3.98. The van der Waals surface area contributed by atoms with Gasteiger partial charge in [0.2, 0.25) is 0 Å². The highest BCUT2D eigenvalue weighted by atomic mass is 16.7. The van der Waals surface area contributed by atoms with E-state index in [4.69, 9.17) is 10.7 Å². The first-order valence-electron chi connectivity index (χ1n) is 2.38. The minimum absolute atomic E-state index is 0.701. The molecule has 0 heterocycles. The summed E-state index contributed by atoms with van der Waals surface area (Å²) in [6, 6.07) is 0. The highest BCUT2D eigenvalue weighted by molar-refractivity contribution is 4.17. The van der Waals surface area contributed by atoms with Crippen molar-refractivity contribution in [3.63, 3.8) is 0 Å². The molecule has 0 unspecified atom stereocenters. The summed E-state index contributed by atoms with van der Waals surface area (Å²) in [5.41, 5.74) is 0. The smallest absolute Gasteiger partial charge is 0.0698 e. The first-order chi connectivity index (χ1) is 3.27. The summed E-state index contributed by atoms with van der Waals surface area (Å²) >= 11 is 0. The SMILES string of the molecule is CCCON(C)N. The largest absolute Gasteiger partial charge is 0.285 e. The fourth-order valence-electron chi connectivity index (χ4n) is 0.235. The van der Waals surface area contributed by atoms with Crippen LogP contribution in [0.5, 0.6) is 0 Å². The summed E-state index contributed by atoms with van der Waals surface area (Å²) in [4.78, 5) is 4.80. The topological polar surface area (TPSA) is 38.5 Å². The Hall–Kier alpha value is -0.120. The van der Waals surface area contributed by atoms with E-state index in [2.05, 4.69) is 0 Å². The number of rotatable bonds is 3. The monoisotopic (exact) mass is 104 g/mol. The predicted octanol–water partition coefficient (Wildman–Crippen LogP) is 0.134. The molecule has 0 atom stereocenters. The second-order valence-corrected chi connectivity index (χ2v) is 1.38. The number of hydrazine groups is 1. The average Bonchev–Trinajstić information content (AvgIpc) is 1.61. The molecule has 0 aromatic carbocycles. The van der Waals surface area contributed by atoms with Gasteiger partial charge in [0.15, 0.2) is 0 Å². The minimum atomic E-state index is 0.701. The van der Waals surface area contributed by atoms with Gasteiger partial charge in [-0.05, 0) is 6.42 Å². The Bertz CT molecular complexity index is 38.7. The second kappa shape index (κ2) is 4.05. The van der Waals surface area contributed by atoms with Crippen LogP contribution in [-0.4, -0.2) is 18.8 Å². The molecule has 0 aliphatic rings. The van der Waals surface area contributed by atoms with Gasteiger partial charge >= 0.3 is 0 Å². The normalized spacial score (nSPS) is 10.3. The molecule has 0 saturated heterocycles. The second-order valence-electron chi connectivity index (χ2n) is 1.38. The maximum Gasteiger partial charge on any atom is 0.0698 e. The molecule has 0 aliphatic heterocycles. The van der Waals surface area contributed by atoms with Crippen LogP contribution in [-0.2, 0) is 4.84 Å². The summed E-state index contributed by atoms with van der Waals surface area (Å²) in [6.07, 6.45) is 1.00. The molecular weight excluding hydrogens is 92.1 g/mol. The van der Waals surface area contributed by atoms with Crippen molar-refractivity contribution < 1.29 is 4.84 Å². The molecule has 0 saturated carbocycles. The van der Waals surface area contributed by atoms with Gasteiger partial charge in [0, 0.05) is 7.05 Å². The van der Waals surface area contributed by atoms with Gasteiger partial charge in [-0.25, -0.2) is 5.84 Å². The first-order valence-corrected chi connectivity index (χ1v) is 2.38. The van der Waals surface area contributed by atoms with Crippen molar-refractivity contribution in [1.29, 1.82) is 0 Å². The highest BCUT2D eigenvalue weighted by Crippen LogP contribution is 1.77. The molecule has 7 heavy (non-hydrogen) atoms. The van der Waals surface area contributed by atoms with Gasteiger partial charge in [0.05, 0.1) is 6.61 Å². The van der Waals surface area contributed by atoms with Gasteiger partial charge in [-0.2, -0.15) is 0 Å². The molecule has 3 heteroatoms. The number of nitrogens with two attached hydrogens (primary N) is 1. The summed E-state index contributed by atoms with van der Waals surface area (Å²) in [7, 11) is 1.66. The molecule has 0 amide bonds. The van der Waals surface area contributed by atoms with Crippen LogP contribution in [0.1, 0.15) is 13.3 Å². The van der Waals surface area contributed by atoms with Crippen LogP contribution in [0.2, 0.25) is 0 Å². The van der Waals surface area contributed by atoms with E-state index in [0.29, 0.717) is 6.61 Å². The number of hydroxylamine groups is 1. The van der Waals surface area contributed by atoms with Crippen molar-refractivity contribution in [1.82, 2.24) is 5.17 Å². The van der Waals surface area contributed by atoms with Gasteiger partial charge < -0.3 is 0 Å². The van der Waals surface area contributed by atoms with E-state index in [1.54, 1.807) is 7.05 Å². The quantitative estimate of drug-likeness (QED) is 0.408. The van der Waals surface area contributed by atoms with E-state index in [9.17, 15) is 0 Å². The predicted molar refractivity (Wildman–Crippen MR) is 28.2 cm³/mol. The molecule has 44 valence electrons. The van der Waals surface area contributed by atoms with Gasteiger partial charge in [-0.15, -0.1) is 5.17 Å². The minimum Gasteiger partial charge on any atom is -0.285 e. The van der Waals surface area contributed by atoms with E-state index in [1.807, 2.05) is 6.92 Å². The molecule has 0 fully saturated rings. The summed E-state index contributed by atoms with van der Waals surface area (Å²) in [6.45, 7) is 2.73. The summed E-state index contributed by atoms with van der Waals surface area (Å²) < 4.78 is 0. The summed E-state index contributed by atoms with van der Waals surface area (Å²) in [5.74, 6) is 5.09. The van der Waals surface area contributed by atoms with E-state index < -0.39 is 0 Å². The molecule has 0 aromatic heterocycles. The fraction of sp³-hybridized carbons (Fsp3) is 1.00. The molecule has 0 bridgehead atoms. The first kappa shape index (κ1) is 6.88. The zero-order valence-electron chi connectivity index (χ0n) is 4.85. The van der Waals surface area contributed by atoms with Gasteiger partial charge in [0.25, 0.3) is 0 Å². The van der Waals surface area contributed by atoms with Crippen LogP contribution >= 0.6 is 0 Å². The Balaban J connectivity index is 2.68. The zero-order chi connectivity index (χ0) is 5.70.